The molecule has 0 spiro atoms. The minimum atomic E-state index is -1.12. The molecule has 6 aliphatic rings. The maximum atomic E-state index is 13.8. The van der Waals surface area contributed by atoms with E-state index in [0.29, 0.717) is 25.7 Å². The second-order valence-electron chi connectivity index (χ2n) is 16.2. The van der Waals surface area contributed by atoms with Crippen LogP contribution >= 0.6 is 0 Å². The van der Waals surface area contributed by atoms with E-state index in [-0.39, 0.29) is 47.4 Å². The Morgan fingerprint density at radius 3 is 2.48 bits per heavy atom. The predicted octanol–water partition coefficient (Wildman–Crippen LogP) is 6.01. The van der Waals surface area contributed by atoms with E-state index < -0.39 is 28.0 Å². The van der Waals surface area contributed by atoms with Crippen molar-refractivity contribution in [2.24, 2.45) is 28.6 Å². The van der Waals surface area contributed by atoms with Crippen LogP contribution < -0.4 is 0 Å². The number of fused-ring (bicyclic) bond motifs is 6. The third-order valence-electron chi connectivity index (χ3n) is 12.3. The maximum Gasteiger partial charge on any atom is 0.163 e. The van der Waals surface area contributed by atoms with Crippen molar-refractivity contribution >= 4 is 5.78 Å². The van der Waals surface area contributed by atoms with Crippen molar-refractivity contribution in [3.63, 3.8) is 0 Å². The monoisotopic (exact) mass is 586 g/mol. The molecule has 6 rings (SSSR count). The molecule has 2 N–H and O–H groups in total. The topological polar surface area (TPSA) is 94.5 Å². The number of carbonyl (C=O) groups excluding carboxylic acids is 1. The summed E-state index contributed by atoms with van der Waals surface area (Å²) in [6.45, 7) is 15.1. The van der Waals surface area contributed by atoms with E-state index in [1.807, 2.05) is 32.9 Å². The molecule has 4 aliphatic carbocycles. The SMILES string of the molecule is CC(C)(C/C=C/[C@](C)(O)[C@H]1CC[C@@]2(O)C3=CC(=O)[C@@H]4C[C@H]5OC(C)(C)O[C@H]5C[C@]4(C)[C@H]3CC[C@]12C)OC1CCCCO1. The van der Waals surface area contributed by atoms with Gasteiger partial charge in [0.2, 0.25) is 0 Å². The van der Waals surface area contributed by atoms with Gasteiger partial charge in [0.1, 0.15) is 0 Å². The van der Waals surface area contributed by atoms with Crippen LogP contribution in [0.15, 0.2) is 23.8 Å². The van der Waals surface area contributed by atoms with Crippen LogP contribution in [-0.2, 0) is 23.7 Å². The summed E-state index contributed by atoms with van der Waals surface area (Å²) in [5, 5.41) is 24.5. The van der Waals surface area contributed by atoms with E-state index in [1.54, 1.807) is 6.08 Å². The van der Waals surface area contributed by atoms with E-state index in [2.05, 4.69) is 27.7 Å². The van der Waals surface area contributed by atoms with Crippen molar-refractivity contribution in [3.05, 3.63) is 23.8 Å². The van der Waals surface area contributed by atoms with Crippen LogP contribution in [0.3, 0.4) is 0 Å². The molecule has 3 saturated carbocycles. The van der Waals surface area contributed by atoms with Gasteiger partial charge in [-0.2, -0.15) is 0 Å². The summed E-state index contributed by atoms with van der Waals surface area (Å²) in [7, 11) is 0. The molecule has 5 fully saturated rings. The van der Waals surface area contributed by atoms with Gasteiger partial charge >= 0.3 is 0 Å². The molecule has 0 aromatic heterocycles. The Hall–Kier alpha value is -1.09. The summed E-state index contributed by atoms with van der Waals surface area (Å²) >= 11 is 0. The molecule has 7 nitrogen and oxygen atoms in total. The molecular weight excluding hydrogens is 532 g/mol. The molecule has 2 heterocycles. The highest BCUT2D eigenvalue weighted by molar-refractivity contribution is 5.95. The molecule has 0 amide bonds. The van der Waals surface area contributed by atoms with Crippen LogP contribution in [0.2, 0.25) is 0 Å². The van der Waals surface area contributed by atoms with Crippen molar-refractivity contribution in [2.75, 3.05) is 6.61 Å². The first-order valence-corrected chi connectivity index (χ1v) is 16.5. The number of hydrogen-bond donors (Lipinski definition) is 2. The molecule has 0 radical (unpaired) electrons. The lowest BCUT2D eigenvalue weighted by Crippen LogP contribution is -2.61. The average Bonchev–Trinajstić information content (AvgIpc) is 3.34. The molecule has 1 unspecified atom stereocenters. The molecule has 0 bridgehead atoms. The van der Waals surface area contributed by atoms with E-state index in [1.165, 1.54) is 0 Å². The van der Waals surface area contributed by atoms with Gasteiger partial charge < -0.3 is 29.2 Å². The highest BCUT2D eigenvalue weighted by Gasteiger charge is 2.69. The molecule has 0 aromatic rings. The van der Waals surface area contributed by atoms with Gasteiger partial charge in [-0.05, 0) is 128 Å². The van der Waals surface area contributed by atoms with Gasteiger partial charge in [-0.1, -0.05) is 26.0 Å². The summed E-state index contributed by atoms with van der Waals surface area (Å²) in [5.74, 6) is -0.656. The maximum absolute atomic E-state index is 13.8. The Bertz CT molecular complexity index is 1130. The molecule has 2 saturated heterocycles. The van der Waals surface area contributed by atoms with Crippen LogP contribution in [0.1, 0.15) is 113 Å². The van der Waals surface area contributed by atoms with E-state index in [0.717, 1.165) is 50.7 Å². The normalized spacial score (nSPS) is 46.4. The van der Waals surface area contributed by atoms with Crippen LogP contribution in [0.5, 0.6) is 0 Å². The fourth-order valence-corrected chi connectivity index (χ4v) is 10.2. The fraction of sp³-hybridized carbons (Fsp3) is 0.857. The summed E-state index contributed by atoms with van der Waals surface area (Å²) in [6.07, 6.45) is 13.7. The van der Waals surface area contributed by atoms with Gasteiger partial charge in [-0.15, -0.1) is 0 Å². The van der Waals surface area contributed by atoms with E-state index in [9.17, 15) is 15.0 Å². The van der Waals surface area contributed by atoms with Crippen molar-refractivity contribution in [2.45, 2.75) is 154 Å². The molecule has 0 aromatic carbocycles. The first kappa shape index (κ1) is 30.9. The lowest BCUT2D eigenvalue weighted by Gasteiger charge is -2.60. The zero-order chi connectivity index (χ0) is 30.3. The Labute approximate surface area is 252 Å². The lowest BCUT2D eigenvalue weighted by atomic mass is 9.45. The van der Waals surface area contributed by atoms with Gasteiger partial charge in [0.25, 0.3) is 0 Å². The molecular formula is C35H54O7. The number of ketones is 1. The predicted molar refractivity (Wildman–Crippen MR) is 159 cm³/mol. The standard InChI is InChI=1S/C35H54O7/c1-30(2,42-29-11-8-9-18-39-29)14-10-15-34(7,37)28-13-17-35(38)23-19-25(36)24-20-26-27(41-31(3,4)40-26)21-32(24,5)22(23)12-16-33(28,35)6/h10,15,19,22,24,26-29,37-38H,8-9,11-14,16-18,20-21H2,1-7H3/b15-10+/t22-,24-,26+,27-,28-,29?,32+,33+,34-,35+/m0/s1. The van der Waals surface area contributed by atoms with Gasteiger partial charge in [-0.25, -0.2) is 0 Å². The van der Waals surface area contributed by atoms with Crippen molar-refractivity contribution < 1.29 is 34.0 Å². The highest BCUT2D eigenvalue weighted by atomic mass is 16.8. The van der Waals surface area contributed by atoms with Crippen molar-refractivity contribution in [1.29, 1.82) is 0 Å². The number of carbonyl (C=O) groups is 1. The Balaban J connectivity index is 1.20. The van der Waals surface area contributed by atoms with Gasteiger partial charge in [0, 0.05) is 17.9 Å². The second kappa shape index (κ2) is 10.2. The van der Waals surface area contributed by atoms with E-state index >= 15 is 0 Å². The minimum absolute atomic E-state index is 0.0311. The summed E-state index contributed by atoms with van der Waals surface area (Å²) in [6, 6.07) is 0. The minimum Gasteiger partial charge on any atom is -0.386 e. The van der Waals surface area contributed by atoms with Crippen LogP contribution in [0.4, 0.5) is 0 Å². The quantitative estimate of drug-likeness (QED) is 0.368. The van der Waals surface area contributed by atoms with Crippen LogP contribution in [-0.4, -0.2) is 63.7 Å². The van der Waals surface area contributed by atoms with Gasteiger partial charge in [-0.3, -0.25) is 4.79 Å². The third-order valence-corrected chi connectivity index (χ3v) is 12.3. The lowest BCUT2D eigenvalue weighted by molar-refractivity contribution is -0.214. The number of aliphatic hydroxyl groups is 2. The first-order valence-electron chi connectivity index (χ1n) is 16.5. The Morgan fingerprint density at radius 1 is 1.02 bits per heavy atom. The van der Waals surface area contributed by atoms with Crippen molar-refractivity contribution in [3.8, 4) is 0 Å². The Morgan fingerprint density at radius 2 is 1.76 bits per heavy atom. The highest BCUT2D eigenvalue weighted by Crippen LogP contribution is 2.69. The summed E-state index contributed by atoms with van der Waals surface area (Å²) in [5.41, 5.74) is -2.55. The van der Waals surface area contributed by atoms with E-state index in [4.69, 9.17) is 18.9 Å². The fourth-order valence-electron chi connectivity index (χ4n) is 10.2. The van der Waals surface area contributed by atoms with Gasteiger partial charge in [0.15, 0.2) is 17.9 Å². The number of hydrogen-bond acceptors (Lipinski definition) is 7. The average molecular weight is 587 g/mol. The third kappa shape index (κ3) is 4.99. The molecule has 42 heavy (non-hydrogen) atoms. The van der Waals surface area contributed by atoms with Crippen molar-refractivity contribution in [1.82, 2.24) is 0 Å². The second-order valence-corrected chi connectivity index (χ2v) is 16.2. The van der Waals surface area contributed by atoms with Crippen LogP contribution in [0, 0.1) is 28.6 Å². The smallest absolute Gasteiger partial charge is 0.163 e. The summed E-state index contributed by atoms with van der Waals surface area (Å²) in [4.78, 5) is 13.8. The zero-order valence-corrected chi connectivity index (χ0v) is 26.9. The molecule has 10 atom stereocenters. The van der Waals surface area contributed by atoms with Gasteiger partial charge in [0.05, 0.1) is 29.0 Å². The largest absolute Gasteiger partial charge is 0.386 e. The van der Waals surface area contributed by atoms with Crippen LogP contribution in [0.25, 0.3) is 0 Å². The molecule has 2 aliphatic heterocycles. The zero-order valence-electron chi connectivity index (χ0n) is 26.9. The Kier molecular flexibility index (Phi) is 7.52. The molecule has 7 heteroatoms. The number of ether oxygens (including phenoxy) is 4. The number of rotatable bonds is 6. The number of allylic oxidation sites excluding steroid dienone is 1. The first-order chi connectivity index (χ1) is 19.5. The summed E-state index contributed by atoms with van der Waals surface area (Å²) < 4.78 is 24.5. The molecule has 236 valence electrons.